The average Bonchev–Trinajstić information content (AvgIpc) is 3.16. The lowest BCUT2D eigenvalue weighted by molar-refractivity contribution is 0.0896. The van der Waals surface area contributed by atoms with E-state index in [0.717, 1.165) is 11.1 Å². The fraction of sp³-hybridized carbons (Fsp3) is 0.0952. The van der Waals surface area contributed by atoms with Crippen molar-refractivity contribution in [2.75, 3.05) is 0 Å². The van der Waals surface area contributed by atoms with Crippen LogP contribution in [0.2, 0.25) is 0 Å². The van der Waals surface area contributed by atoms with E-state index in [-0.39, 0.29) is 0 Å². The monoisotopic (exact) mass is 342 g/mol. The molecule has 2 aromatic carbocycles. The zero-order valence-electron chi connectivity index (χ0n) is 14.3. The maximum Gasteiger partial charge on any atom is 0.182 e. The molecule has 0 aliphatic heterocycles. The number of benzene rings is 2. The third kappa shape index (κ3) is 2.89. The summed E-state index contributed by atoms with van der Waals surface area (Å²) in [5.41, 5.74) is 0.301. The summed E-state index contributed by atoms with van der Waals surface area (Å²) in [4.78, 5) is 9.04. The van der Waals surface area contributed by atoms with Crippen molar-refractivity contribution in [2.24, 2.45) is 0 Å². The SMILES string of the molecule is CC(O)(c1ccccc1)c1nc(-c2ccccc2)nn1-c1ccccn1. The van der Waals surface area contributed by atoms with Crippen molar-refractivity contribution in [2.45, 2.75) is 12.5 Å². The fourth-order valence-corrected chi connectivity index (χ4v) is 2.87. The largest absolute Gasteiger partial charge is 0.377 e. The topological polar surface area (TPSA) is 63.8 Å². The van der Waals surface area contributed by atoms with Gasteiger partial charge in [0.15, 0.2) is 17.5 Å². The number of nitrogens with zero attached hydrogens (tertiary/aromatic N) is 4. The minimum Gasteiger partial charge on any atom is -0.377 e. The predicted molar refractivity (Wildman–Crippen MR) is 99.7 cm³/mol. The van der Waals surface area contributed by atoms with Gasteiger partial charge in [0.25, 0.3) is 0 Å². The van der Waals surface area contributed by atoms with Crippen molar-refractivity contribution in [3.05, 3.63) is 96.4 Å². The molecule has 0 aliphatic rings. The molecule has 4 rings (SSSR count). The molecular weight excluding hydrogens is 324 g/mol. The van der Waals surface area contributed by atoms with Crippen molar-refractivity contribution >= 4 is 0 Å². The van der Waals surface area contributed by atoms with Crippen LogP contribution < -0.4 is 0 Å². The third-order valence-electron chi connectivity index (χ3n) is 4.28. The highest BCUT2D eigenvalue weighted by molar-refractivity contribution is 5.55. The average molecular weight is 342 g/mol. The molecule has 1 atom stereocenters. The maximum atomic E-state index is 11.3. The number of rotatable bonds is 4. The molecule has 0 fully saturated rings. The van der Waals surface area contributed by atoms with Crippen LogP contribution in [0.4, 0.5) is 0 Å². The van der Waals surface area contributed by atoms with E-state index >= 15 is 0 Å². The first-order valence-electron chi connectivity index (χ1n) is 8.38. The highest BCUT2D eigenvalue weighted by Crippen LogP contribution is 2.30. The summed E-state index contributed by atoms with van der Waals surface area (Å²) in [6.45, 7) is 1.72. The minimum atomic E-state index is -1.32. The van der Waals surface area contributed by atoms with E-state index in [4.69, 9.17) is 0 Å². The van der Waals surface area contributed by atoms with E-state index in [1.807, 2.05) is 78.9 Å². The molecule has 0 saturated heterocycles. The van der Waals surface area contributed by atoms with Crippen molar-refractivity contribution in [1.82, 2.24) is 19.7 Å². The first kappa shape index (κ1) is 16.2. The molecule has 5 heteroatoms. The number of hydrogen-bond donors (Lipinski definition) is 1. The predicted octanol–water partition coefficient (Wildman–Crippen LogP) is 3.59. The van der Waals surface area contributed by atoms with Gasteiger partial charge in [-0.2, -0.15) is 4.68 Å². The molecule has 5 nitrogen and oxygen atoms in total. The lowest BCUT2D eigenvalue weighted by Gasteiger charge is -2.23. The van der Waals surface area contributed by atoms with Gasteiger partial charge in [-0.15, -0.1) is 5.10 Å². The molecule has 0 amide bonds. The lowest BCUT2D eigenvalue weighted by atomic mass is 9.95. The number of hydrogen-bond acceptors (Lipinski definition) is 4. The molecule has 2 aromatic heterocycles. The van der Waals surface area contributed by atoms with Gasteiger partial charge in [-0.1, -0.05) is 66.7 Å². The molecule has 0 bridgehead atoms. The second-order valence-electron chi connectivity index (χ2n) is 6.16. The van der Waals surface area contributed by atoms with Crippen LogP contribution in [0.3, 0.4) is 0 Å². The van der Waals surface area contributed by atoms with E-state index < -0.39 is 5.60 Å². The van der Waals surface area contributed by atoms with Crippen molar-refractivity contribution in [1.29, 1.82) is 0 Å². The number of aliphatic hydroxyl groups is 1. The number of pyridine rings is 1. The Bertz CT molecular complexity index is 996. The quantitative estimate of drug-likeness (QED) is 0.616. The van der Waals surface area contributed by atoms with Crippen LogP contribution in [-0.4, -0.2) is 24.9 Å². The summed E-state index contributed by atoms with van der Waals surface area (Å²) in [6.07, 6.45) is 1.69. The van der Waals surface area contributed by atoms with Crippen molar-refractivity contribution in [3.8, 4) is 17.2 Å². The molecule has 2 heterocycles. The van der Waals surface area contributed by atoms with E-state index in [0.29, 0.717) is 17.5 Å². The Labute approximate surface area is 151 Å². The highest BCUT2D eigenvalue weighted by Gasteiger charge is 2.33. The summed E-state index contributed by atoms with van der Waals surface area (Å²) in [7, 11) is 0. The molecular formula is C21H18N4O. The smallest absolute Gasteiger partial charge is 0.182 e. The molecule has 0 radical (unpaired) electrons. The Kier molecular flexibility index (Phi) is 4.07. The Morgan fingerprint density at radius 1 is 0.846 bits per heavy atom. The van der Waals surface area contributed by atoms with E-state index in [1.54, 1.807) is 17.8 Å². The standard InChI is InChI=1S/C21H18N4O/c1-21(26,17-12-6-3-7-13-17)20-23-19(16-10-4-2-5-11-16)24-25(20)18-14-8-9-15-22-18/h2-15,26H,1H3. The van der Waals surface area contributed by atoms with Gasteiger partial charge in [0.1, 0.15) is 5.60 Å². The summed E-state index contributed by atoms with van der Waals surface area (Å²) in [5, 5.41) is 15.9. The molecule has 0 spiro atoms. The second-order valence-corrected chi connectivity index (χ2v) is 6.16. The molecule has 1 N–H and O–H groups in total. The van der Waals surface area contributed by atoms with Gasteiger partial charge >= 0.3 is 0 Å². The summed E-state index contributed by atoms with van der Waals surface area (Å²) < 4.78 is 1.61. The molecule has 26 heavy (non-hydrogen) atoms. The first-order valence-corrected chi connectivity index (χ1v) is 8.38. The van der Waals surface area contributed by atoms with E-state index in [1.165, 1.54) is 0 Å². The van der Waals surface area contributed by atoms with Crippen molar-refractivity contribution < 1.29 is 5.11 Å². The van der Waals surface area contributed by atoms with Crippen LogP contribution in [0.25, 0.3) is 17.2 Å². The van der Waals surface area contributed by atoms with E-state index in [9.17, 15) is 5.11 Å². The Balaban J connectivity index is 1.91. The molecule has 0 aliphatic carbocycles. The van der Waals surface area contributed by atoms with Crippen LogP contribution in [0.15, 0.2) is 85.1 Å². The Hall–Kier alpha value is -3.31. The molecule has 128 valence electrons. The molecule has 0 saturated carbocycles. The minimum absolute atomic E-state index is 0.418. The van der Waals surface area contributed by atoms with Crippen LogP contribution in [0.1, 0.15) is 18.3 Å². The number of aromatic nitrogens is 4. The highest BCUT2D eigenvalue weighted by atomic mass is 16.3. The second kappa shape index (κ2) is 6.54. The van der Waals surface area contributed by atoms with Crippen LogP contribution in [-0.2, 0) is 5.60 Å². The zero-order valence-corrected chi connectivity index (χ0v) is 14.3. The Morgan fingerprint density at radius 2 is 1.50 bits per heavy atom. The van der Waals surface area contributed by atoms with Crippen LogP contribution in [0.5, 0.6) is 0 Å². The Morgan fingerprint density at radius 3 is 2.15 bits per heavy atom. The summed E-state index contributed by atoms with van der Waals surface area (Å²) >= 11 is 0. The van der Waals surface area contributed by atoms with Gasteiger partial charge in [-0.3, -0.25) is 0 Å². The molecule has 4 aromatic rings. The van der Waals surface area contributed by atoms with E-state index in [2.05, 4.69) is 15.1 Å². The third-order valence-corrected chi connectivity index (χ3v) is 4.28. The van der Waals surface area contributed by atoms with Gasteiger partial charge < -0.3 is 5.11 Å². The summed E-state index contributed by atoms with van der Waals surface area (Å²) in [6, 6.07) is 24.7. The van der Waals surface area contributed by atoms with Gasteiger partial charge in [0, 0.05) is 11.8 Å². The maximum absolute atomic E-state index is 11.3. The summed E-state index contributed by atoms with van der Waals surface area (Å²) in [5.74, 6) is 1.57. The van der Waals surface area contributed by atoms with Crippen LogP contribution >= 0.6 is 0 Å². The molecule has 1 unspecified atom stereocenters. The van der Waals surface area contributed by atoms with Crippen LogP contribution in [0, 0.1) is 0 Å². The van der Waals surface area contributed by atoms with Gasteiger partial charge in [0.2, 0.25) is 0 Å². The van der Waals surface area contributed by atoms with Gasteiger partial charge in [0.05, 0.1) is 0 Å². The lowest BCUT2D eigenvalue weighted by Crippen LogP contribution is -2.27. The first-order chi connectivity index (χ1) is 12.7. The fourth-order valence-electron chi connectivity index (χ4n) is 2.87. The van der Waals surface area contributed by atoms with Crippen molar-refractivity contribution in [3.63, 3.8) is 0 Å². The van der Waals surface area contributed by atoms with Gasteiger partial charge in [-0.05, 0) is 24.6 Å². The zero-order chi connectivity index (χ0) is 18.0. The van der Waals surface area contributed by atoms with Gasteiger partial charge in [-0.25, -0.2) is 9.97 Å². The normalized spacial score (nSPS) is 13.3.